The van der Waals surface area contributed by atoms with Gasteiger partial charge in [0, 0.05) is 47.9 Å². The van der Waals surface area contributed by atoms with Gasteiger partial charge in [0.05, 0.1) is 12.3 Å². The highest BCUT2D eigenvalue weighted by Crippen LogP contribution is 2.28. The molecule has 1 fully saturated rings. The van der Waals surface area contributed by atoms with Gasteiger partial charge in [-0.25, -0.2) is 13.2 Å². The molecule has 0 atom stereocenters. The minimum absolute atomic E-state index is 0.0575. The first-order valence-electron chi connectivity index (χ1n) is 10.4. The Morgan fingerprint density at radius 3 is 2.39 bits per heavy atom. The number of hydrogen-bond donors (Lipinski definition) is 1. The fraction of sp³-hybridized carbons (Fsp3) is 0.333. The predicted octanol–water partition coefficient (Wildman–Crippen LogP) is 5.41. The largest absolute Gasteiger partial charge is 0.341 e. The highest BCUT2D eigenvalue weighted by atomic mass is 19.3. The summed E-state index contributed by atoms with van der Waals surface area (Å²) in [4.78, 5) is 2.02. The van der Waals surface area contributed by atoms with Crippen LogP contribution >= 0.6 is 0 Å². The molecular weight excluding hydrogens is 401 g/mol. The molecule has 0 aromatic heterocycles. The topological polar surface area (TPSA) is 40.0 Å². The van der Waals surface area contributed by atoms with E-state index in [4.69, 9.17) is 0 Å². The normalized spacial score (nSPS) is 15.5. The number of halogens is 3. The van der Waals surface area contributed by atoms with E-state index in [-0.39, 0.29) is 12.1 Å². The van der Waals surface area contributed by atoms with Gasteiger partial charge in [-0.3, -0.25) is 0 Å². The third kappa shape index (κ3) is 5.22. The minimum atomic E-state index is -2.65. The highest BCUT2D eigenvalue weighted by Gasteiger charge is 2.26. The summed E-state index contributed by atoms with van der Waals surface area (Å²) in [5.41, 5.74) is 2.93. The maximum Gasteiger partial charge on any atom is 0.278 e. The molecule has 4 rings (SSSR count). The van der Waals surface area contributed by atoms with Gasteiger partial charge in [-0.1, -0.05) is 50.8 Å². The van der Waals surface area contributed by atoms with Crippen molar-refractivity contribution in [3.05, 3.63) is 77.8 Å². The average molecular weight is 429 g/mol. The summed E-state index contributed by atoms with van der Waals surface area (Å²) in [7, 11) is 0. The lowest BCUT2D eigenvalue weighted by Gasteiger charge is -2.37. The Bertz CT molecular complexity index is 966. The van der Waals surface area contributed by atoms with E-state index in [0.717, 1.165) is 24.5 Å². The third-order valence-corrected chi connectivity index (χ3v) is 5.28. The molecule has 2 aromatic rings. The number of hydrogen-bond acceptors (Lipinski definition) is 4. The quantitative estimate of drug-likeness (QED) is 0.641. The van der Waals surface area contributed by atoms with Crippen molar-refractivity contribution in [1.29, 1.82) is 0 Å². The fourth-order valence-corrected chi connectivity index (χ4v) is 3.38. The van der Waals surface area contributed by atoms with Crippen LogP contribution in [0.25, 0.3) is 0 Å². The van der Waals surface area contributed by atoms with Crippen molar-refractivity contribution < 1.29 is 13.2 Å². The SMILES string of the molecule is C=C(C1CNC1)N(Cc1ccc(C2=NN=C(C(F)F)C2)cc1F)c1ccccc1.CC. The number of para-hydroxylation sites is 1. The molecule has 1 N–H and O–H groups in total. The molecule has 0 spiro atoms. The molecule has 2 aliphatic heterocycles. The molecule has 0 unspecified atom stereocenters. The lowest BCUT2D eigenvalue weighted by Crippen LogP contribution is -2.46. The van der Waals surface area contributed by atoms with Crippen molar-refractivity contribution in [2.75, 3.05) is 18.0 Å². The summed E-state index contributed by atoms with van der Waals surface area (Å²) in [6.07, 6.45) is -2.70. The molecular formula is C24H27F3N4. The number of alkyl halides is 2. The van der Waals surface area contributed by atoms with Crippen LogP contribution in [-0.2, 0) is 6.54 Å². The molecule has 4 nitrogen and oxygen atoms in total. The van der Waals surface area contributed by atoms with Gasteiger partial charge in [0.25, 0.3) is 6.43 Å². The first kappa shape index (κ1) is 22.7. The lowest BCUT2D eigenvalue weighted by atomic mass is 9.97. The van der Waals surface area contributed by atoms with E-state index in [1.54, 1.807) is 12.1 Å². The van der Waals surface area contributed by atoms with E-state index in [9.17, 15) is 13.2 Å². The predicted molar refractivity (Wildman–Crippen MR) is 120 cm³/mol. The van der Waals surface area contributed by atoms with Gasteiger partial charge >= 0.3 is 0 Å². The summed E-state index contributed by atoms with van der Waals surface area (Å²) in [5, 5.41) is 10.5. The minimum Gasteiger partial charge on any atom is -0.341 e. The molecule has 2 aliphatic rings. The standard InChI is InChI=1S/C22H21F3N4.C2H6/c1-14(17-11-26-12-17)29(18-5-3-2-4-6-18)13-16-8-7-15(9-19(16)23)20-10-21(22(24)25)28-27-20;1-2/h2-9,17,22,26H,1,10-13H2;1-2H3. The Morgan fingerprint density at radius 2 is 1.84 bits per heavy atom. The molecule has 0 aliphatic carbocycles. The molecule has 31 heavy (non-hydrogen) atoms. The molecule has 164 valence electrons. The van der Waals surface area contributed by atoms with Crippen molar-refractivity contribution >= 4 is 17.1 Å². The lowest BCUT2D eigenvalue weighted by molar-refractivity contribution is 0.224. The van der Waals surface area contributed by atoms with Crippen LogP contribution in [0.3, 0.4) is 0 Å². The van der Waals surface area contributed by atoms with Gasteiger partial charge in [-0.05, 0) is 18.2 Å². The van der Waals surface area contributed by atoms with E-state index >= 15 is 0 Å². The first-order chi connectivity index (χ1) is 15.0. The summed E-state index contributed by atoms with van der Waals surface area (Å²) in [6, 6.07) is 14.5. The van der Waals surface area contributed by atoms with Crippen molar-refractivity contribution in [1.82, 2.24) is 5.32 Å². The summed E-state index contributed by atoms with van der Waals surface area (Å²) >= 11 is 0. The molecule has 2 heterocycles. The first-order valence-corrected chi connectivity index (χ1v) is 10.4. The monoisotopic (exact) mass is 428 g/mol. The van der Waals surface area contributed by atoms with Gasteiger partial charge in [-0.2, -0.15) is 10.2 Å². The smallest absolute Gasteiger partial charge is 0.278 e. The molecule has 7 heteroatoms. The summed E-state index contributed by atoms with van der Waals surface area (Å²) < 4.78 is 40.4. The molecule has 0 radical (unpaired) electrons. The van der Waals surface area contributed by atoms with E-state index in [0.29, 0.717) is 29.3 Å². The van der Waals surface area contributed by atoms with Crippen LogP contribution in [0.15, 0.2) is 71.0 Å². The zero-order chi connectivity index (χ0) is 22.4. The van der Waals surface area contributed by atoms with Gasteiger partial charge in [0.2, 0.25) is 0 Å². The van der Waals surface area contributed by atoms with Gasteiger partial charge in [-0.15, -0.1) is 0 Å². The van der Waals surface area contributed by atoms with Gasteiger partial charge < -0.3 is 10.2 Å². The molecule has 2 aromatic carbocycles. The Morgan fingerprint density at radius 1 is 1.13 bits per heavy atom. The van der Waals surface area contributed by atoms with Crippen LogP contribution in [0.2, 0.25) is 0 Å². The van der Waals surface area contributed by atoms with Gasteiger partial charge in [0.1, 0.15) is 11.5 Å². The number of rotatable bonds is 7. The van der Waals surface area contributed by atoms with E-state index in [1.807, 2.05) is 49.1 Å². The van der Waals surface area contributed by atoms with E-state index < -0.39 is 12.2 Å². The molecule has 0 saturated carbocycles. The second-order valence-corrected chi connectivity index (χ2v) is 7.19. The maximum atomic E-state index is 14.9. The Balaban J connectivity index is 0.00000132. The van der Waals surface area contributed by atoms with Crippen LogP contribution in [0, 0.1) is 11.7 Å². The number of nitrogens with one attached hydrogen (secondary N) is 1. The summed E-state index contributed by atoms with van der Waals surface area (Å²) in [6.45, 7) is 10.3. The molecule has 0 bridgehead atoms. The number of nitrogens with zero attached hydrogens (tertiary/aromatic N) is 3. The van der Waals surface area contributed by atoms with Crippen molar-refractivity contribution in [3.8, 4) is 0 Å². The van der Waals surface area contributed by atoms with Crippen molar-refractivity contribution in [2.45, 2.75) is 33.2 Å². The zero-order valence-electron chi connectivity index (χ0n) is 17.8. The second kappa shape index (κ2) is 10.4. The Kier molecular flexibility index (Phi) is 7.63. The number of benzene rings is 2. The van der Waals surface area contributed by atoms with E-state index in [1.165, 1.54) is 6.07 Å². The maximum absolute atomic E-state index is 14.9. The molecule has 0 amide bonds. The van der Waals surface area contributed by atoms with Gasteiger partial charge in [0.15, 0.2) is 0 Å². The van der Waals surface area contributed by atoms with Crippen molar-refractivity contribution in [3.63, 3.8) is 0 Å². The fourth-order valence-electron chi connectivity index (χ4n) is 3.38. The van der Waals surface area contributed by atoms with Crippen LogP contribution in [0.4, 0.5) is 18.9 Å². The third-order valence-electron chi connectivity index (χ3n) is 5.28. The van der Waals surface area contributed by atoms with Crippen LogP contribution in [0.1, 0.15) is 31.4 Å². The van der Waals surface area contributed by atoms with Crippen molar-refractivity contribution in [2.24, 2.45) is 16.1 Å². The van der Waals surface area contributed by atoms with Crippen LogP contribution in [0.5, 0.6) is 0 Å². The molecule has 1 saturated heterocycles. The van der Waals surface area contributed by atoms with E-state index in [2.05, 4.69) is 22.1 Å². The van der Waals surface area contributed by atoms with Crippen LogP contribution in [-0.4, -0.2) is 30.9 Å². The van der Waals surface area contributed by atoms with Crippen LogP contribution < -0.4 is 10.2 Å². The summed E-state index contributed by atoms with van der Waals surface area (Å²) in [5.74, 6) is -0.0912. The number of anilines is 1. The zero-order valence-corrected chi connectivity index (χ0v) is 17.8. The Labute approximate surface area is 181 Å². The second-order valence-electron chi connectivity index (χ2n) is 7.19. The average Bonchev–Trinajstić information content (AvgIpc) is 3.24. The Hall–Kier alpha value is -2.93. The highest BCUT2D eigenvalue weighted by molar-refractivity contribution is 6.15.